The third-order valence-electron chi connectivity index (χ3n) is 3.01. The van der Waals surface area contributed by atoms with Gasteiger partial charge in [-0.3, -0.25) is 15.0 Å². The number of rotatable bonds is 3. The smallest absolute Gasteiger partial charge is 0.271 e. The predicted molar refractivity (Wildman–Crippen MR) is 87.4 cm³/mol. The monoisotopic (exact) mass is 294 g/mol. The van der Waals surface area contributed by atoms with E-state index in [0.29, 0.717) is 5.22 Å². The highest BCUT2D eigenvalue weighted by molar-refractivity contribution is 8.06. The minimum absolute atomic E-state index is 0.112. The van der Waals surface area contributed by atoms with Gasteiger partial charge in [0, 0.05) is 10.3 Å². The van der Waals surface area contributed by atoms with Crippen LogP contribution in [0.2, 0.25) is 0 Å². The average Bonchev–Trinajstić information content (AvgIpc) is 2.88. The van der Waals surface area contributed by atoms with E-state index in [9.17, 15) is 4.79 Å². The predicted octanol–water partition coefficient (Wildman–Crippen LogP) is 2.06. The van der Waals surface area contributed by atoms with Crippen molar-refractivity contribution in [2.45, 2.75) is 4.90 Å². The fourth-order valence-electron chi connectivity index (χ4n) is 1.96. The molecule has 0 amide bonds. The Bertz CT molecular complexity index is 880. The molecule has 1 heterocycles. The standard InChI is InChI=1S/C17H14N2OS/c20-17-15(11-13-7-3-1-4-8-13)16(18-19-17)12-21-14-9-5-2-6-10-14/h1-12,18H,(H,19,20)/b15-11+,16-12-. The van der Waals surface area contributed by atoms with Crippen molar-refractivity contribution in [2.75, 3.05) is 0 Å². The van der Waals surface area contributed by atoms with Crippen molar-refractivity contribution in [1.29, 1.82) is 0 Å². The first-order valence-corrected chi connectivity index (χ1v) is 7.46. The summed E-state index contributed by atoms with van der Waals surface area (Å²) in [5.41, 5.74) is 0.890. The van der Waals surface area contributed by atoms with Crippen LogP contribution in [-0.4, -0.2) is 10.2 Å². The number of nitrogens with one attached hydrogen (secondary N) is 2. The van der Waals surface area contributed by atoms with Gasteiger partial charge in [0.15, 0.2) is 0 Å². The van der Waals surface area contributed by atoms with Crippen molar-refractivity contribution in [3.8, 4) is 0 Å². The van der Waals surface area contributed by atoms with E-state index in [1.807, 2.05) is 72.1 Å². The molecule has 4 heteroatoms. The van der Waals surface area contributed by atoms with Crippen LogP contribution < -0.4 is 16.1 Å². The lowest BCUT2D eigenvalue weighted by atomic mass is 10.2. The lowest BCUT2D eigenvalue weighted by molar-refractivity contribution is 1.04. The van der Waals surface area contributed by atoms with Crippen molar-refractivity contribution >= 4 is 23.2 Å². The van der Waals surface area contributed by atoms with Gasteiger partial charge in [-0.1, -0.05) is 60.3 Å². The van der Waals surface area contributed by atoms with Gasteiger partial charge in [0.05, 0.1) is 10.6 Å². The molecule has 0 aliphatic carbocycles. The summed E-state index contributed by atoms with van der Waals surface area (Å²) in [7, 11) is 0. The summed E-state index contributed by atoms with van der Waals surface area (Å²) < 4.78 is 0. The van der Waals surface area contributed by atoms with Crippen molar-refractivity contribution in [3.05, 3.63) is 87.1 Å². The molecule has 3 nitrogen and oxygen atoms in total. The van der Waals surface area contributed by atoms with Gasteiger partial charge < -0.3 is 0 Å². The Labute approximate surface area is 126 Å². The zero-order chi connectivity index (χ0) is 14.5. The Hall–Kier alpha value is -2.46. The van der Waals surface area contributed by atoms with E-state index in [0.717, 1.165) is 15.8 Å². The normalized spacial score (nSPS) is 12.8. The maximum absolute atomic E-state index is 11.9. The molecular formula is C17H14N2OS. The second kappa shape index (κ2) is 6.33. The molecule has 2 N–H and O–H groups in total. The van der Waals surface area contributed by atoms with Gasteiger partial charge >= 0.3 is 0 Å². The SMILES string of the molecule is O=c1[nH][nH]c(=C\Sc2ccccc2)/c1=C\c1ccccc1. The minimum Gasteiger partial charge on any atom is -0.297 e. The quantitative estimate of drug-likeness (QED) is 0.727. The van der Waals surface area contributed by atoms with Gasteiger partial charge in [0.1, 0.15) is 0 Å². The first-order chi connectivity index (χ1) is 10.3. The van der Waals surface area contributed by atoms with Crippen LogP contribution in [0, 0.1) is 0 Å². The molecule has 0 aliphatic rings. The van der Waals surface area contributed by atoms with Crippen LogP contribution in [-0.2, 0) is 0 Å². The lowest BCUT2D eigenvalue weighted by Gasteiger charge is -1.93. The highest BCUT2D eigenvalue weighted by Crippen LogP contribution is 2.17. The second-order valence-electron chi connectivity index (χ2n) is 4.51. The van der Waals surface area contributed by atoms with Crippen LogP contribution in [0.15, 0.2) is 70.4 Å². The summed E-state index contributed by atoms with van der Waals surface area (Å²) in [5.74, 6) is 0. The van der Waals surface area contributed by atoms with Crippen LogP contribution in [0.3, 0.4) is 0 Å². The molecule has 0 fully saturated rings. The van der Waals surface area contributed by atoms with Crippen LogP contribution in [0.25, 0.3) is 11.5 Å². The van der Waals surface area contributed by atoms with Gasteiger partial charge in [-0.2, -0.15) is 0 Å². The zero-order valence-electron chi connectivity index (χ0n) is 11.2. The van der Waals surface area contributed by atoms with Crippen LogP contribution in [0.1, 0.15) is 5.56 Å². The van der Waals surface area contributed by atoms with Gasteiger partial charge in [0.2, 0.25) is 0 Å². The third kappa shape index (κ3) is 3.35. The fraction of sp³-hybridized carbons (Fsp3) is 0. The Balaban J connectivity index is 2.02. The molecule has 3 aromatic rings. The van der Waals surface area contributed by atoms with Gasteiger partial charge in [-0.25, -0.2) is 0 Å². The Kier molecular flexibility index (Phi) is 4.07. The average molecular weight is 294 g/mol. The first-order valence-electron chi connectivity index (χ1n) is 6.58. The molecule has 0 saturated carbocycles. The Morgan fingerprint density at radius 3 is 2.24 bits per heavy atom. The van der Waals surface area contributed by atoms with E-state index < -0.39 is 0 Å². The molecule has 21 heavy (non-hydrogen) atoms. The summed E-state index contributed by atoms with van der Waals surface area (Å²) in [6.45, 7) is 0. The van der Waals surface area contributed by atoms with Crippen LogP contribution in [0.5, 0.6) is 0 Å². The molecular weight excluding hydrogens is 280 g/mol. The van der Waals surface area contributed by atoms with E-state index >= 15 is 0 Å². The van der Waals surface area contributed by atoms with Crippen molar-refractivity contribution in [1.82, 2.24) is 10.2 Å². The first kappa shape index (κ1) is 13.5. The molecule has 1 aromatic heterocycles. The molecule has 0 spiro atoms. The van der Waals surface area contributed by atoms with Crippen LogP contribution in [0.4, 0.5) is 0 Å². The molecule has 0 atom stereocenters. The Morgan fingerprint density at radius 2 is 1.52 bits per heavy atom. The van der Waals surface area contributed by atoms with E-state index in [1.54, 1.807) is 11.8 Å². The minimum atomic E-state index is -0.112. The van der Waals surface area contributed by atoms with Gasteiger partial charge in [-0.15, -0.1) is 0 Å². The summed E-state index contributed by atoms with van der Waals surface area (Å²) in [6, 6.07) is 19.8. The number of H-pyrrole nitrogens is 2. The van der Waals surface area contributed by atoms with E-state index in [1.165, 1.54) is 0 Å². The van der Waals surface area contributed by atoms with E-state index in [4.69, 9.17) is 0 Å². The molecule has 0 radical (unpaired) electrons. The van der Waals surface area contributed by atoms with Crippen molar-refractivity contribution in [2.24, 2.45) is 0 Å². The number of aromatic nitrogens is 2. The fourth-order valence-corrected chi connectivity index (χ4v) is 2.71. The number of benzene rings is 2. The number of aromatic amines is 2. The van der Waals surface area contributed by atoms with Gasteiger partial charge in [0.25, 0.3) is 5.56 Å². The highest BCUT2D eigenvalue weighted by Gasteiger charge is 1.96. The topological polar surface area (TPSA) is 48.6 Å². The number of thioether (sulfide) groups is 1. The van der Waals surface area contributed by atoms with Crippen molar-refractivity contribution in [3.63, 3.8) is 0 Å². The van der Waals surface area contributed by atoms with E-state index in [-0.39, 0.29) is 5.56 Å². The molecule has 0 saturated heterocycles. The second-order valence-corrected chi connectivity index (χ2v) is 5.45. The summed E-state index contributed by atoms with van der Waals surface area (Å²) in [5, 5.41) is 8.94. The summed E-state index contributed by atoms with van der Waals surface area (Å²) >= 11 is 1.58. The Morgan fingerprint density at radius 1 is 0.857 bits per heavy atom. The van der Waals surface area contributed by atoms with Gasteiger partial charge in [-0.05, 0) is 23.8 Å². The largest absolute Gasteiger partial charge is 0.297 e. The van der Waals surface area contributed by atoms with E-state index in [2.05, 4.69) is 10.2 Å². The highest BCUT2D eigenvalue weighted by atomic mass is 32.2. The third-order valence-corrected chi connectivity index (χ3v) is 3.91. The maximum atomic E-state index is 11.9. The molecule has 3 rings (SSSR count). The van der Waals surface area contributed by atoms with Crippen molar-refractivity contribution < 1.29 is 0 Å². The molecule has 104 valence electrons. The summed E-state index contributed by atoms with van der Waals surface area (Å²) in [4.78, 5) is 13.0. The molecule has 2 aromatic carbocycles. The lowest BCUT2D eigenvalue weighted by Crippen LogP contribution is -2.32. The molecule has 0 aliphatic heterocycles. The molecule has 0 bridgehead atoms. The number of hydrogen-bond acceptors (Lipinski definition) is 2. The zero-order valence-corrected chi connectivity index (χ0v) is 12.1. The number of hydrogen-bond donors (Lipinski definition) is 2. The maximum Gasteiger partial charge on any atom is 0.271 e. The van der Waals surface area contributed by atoms with Crippen LogP contribution >= 0.6 is 11.8 Å². The summed E-state index contributed by atoms with van der Waals surface area (Å²) in [6.07, 6.45) is 1.88. The molecule has 0 unspecified atom stereocenters.